The second-order valence-electron chi connectivity index (χ2n) is 2.94. The van der Waals surface area contributed by atoms with E-state index in [9.17, 15) is 4.79 Å². The zero-order chi connectivity index (χ0) is 7.68. The van der Waals surface area contributed by atoms with Crippen LogP contribution in [0.2, 0.25) is 0 Å². The Balaban J connectivity index is 2.48. The number of benzene rings is 1. The van der Waals surface area contributed by atoms with Crippen LogP contribution >= 0.6 is 0 Å². The van der Waals surface area contributed by atoms with Gasteiger partial charge in [-0.05, 0) is 36.5 Å². The first-order valence-corrected chi connectivity index (χ1v) is 3.90. The van der Waals surface area contributed by atoms with E-state index >= 15 is 0 Å². The molecule has 1 aromatic carbocycles. The van der Waals surface area contributed by atoms with Crippen LogP contribution in [-0.4, -0.2) is 6.29 Å². The molecule has 0 heterocycles. The van der Waals surface area contributed by atoms with Crippen molar-refractivity contribution >= 4 is 6.29 Å². The Morgan fingerprint density at radius 2 is 2.00 bits per heavy atom. The monoisotopic (exact) mass is 145 g/mol. The molecule has 55 valence electrons. The lowest BCUT2D eigenvalue weighted by molar-refractivity contribution is 0.562. The minimum atomic E-state index is 0.686. The van der Waals surface area contributed by atoms with Crippen molar-refractivity contribution in [2.24, 2.45) is 0 Å². The molecule has 11 heavy (non-hydrogen) atoms. The maximum atomic E-state index is 10.3. The van der Waals surface area contributed by atoms with Gasteiger partial charge in [0.1, 0.15) is 0 Å². The summed E-state index contributed by atoms with van der Waals surface area (Å²) in [6.45, 7) is 0. The number of hydrogen-bond donors (Lipinski definition) is 0. The first-order chi connectivity index (χ1) is 5.40. The molecular weight excluding hydrogens is 136 g/mol. The van der Waals surface area contributed by atoms with Crippen LogP contribution < -0.4 is 0 Å². The highest BCUT2D eigenvalue weighted by Crippen LogP contribution is 2.21. The van der Waals surface area contributed by atoms with Crippen LogP contribution in [0.15, 0.2) is 18.2 Å². The lowest BCUT2D eigenvalue weighted by Crippen LogP contribution is -1.85. The van der Waals surface area contributed by atoms with Crippen LogP contribution in [-0.2, 0) is 17.6 Å². The average Bonchev–Trinajstić information content (AvgIpc) is 2.50. The Kier molecular flexibility index (Phi) is 1.50. The van der Waals surface area contributed by atoms with Crippen molar-refractivity contribution < 1.29 is 4.79 Å². The molecule has 0 N–H and O–H groups in total. The molecule has 1 radical (unpaired) electrons. The zero-order valence-electron chi connectivity index (χ0n) is 6.26. The molecule has 0 spiro atoms. The predicted octanol–water partition coefficient (Wildman–Crippen LogP) is 1.63. The predicted molar refractivity (Wildman–Crippen MR) is 43.3 cm³/mol. The van der Waals surface area contributed by atoms with E-state index in [4.69, 9.17) is 0 Å². The van der Waals surface area contributed by atoms with Crippen LogP contribution in [0, 0.1) is 0 Å². The van der Waals surface area contributed by atoms with Crippen molar-refractivity contribution in [2.45, 2.75) is 19.3 Å². The normalized spacial score (nSPS) is 14.5. The number of rotatable bonds is 1. The molecule has 0 atom stereocenters. The Morgan fingerprint density at radius 1 is 1.18 bits per heavy atom. The third-order valence-corrected chi connectivity index (χ3v) is 2.22. The minimum absolute atomic E-state index is 0.686. The summed E-state index contributed by atoms with van der Waals surface area (Å²) in [5.41, 5.74) is 3.43. The Labute approximate surface area is 66.0 Å². The molecule has 0 amide bonds. The summed E-state index contributed by atoms with van der Waals surface area (Å²) in [6.07, 6.45) is 5.45. The fourth-order valence-corrected chi connectivity index (χ4v) is 1.64. The van der Waals surface area contributed by atoms with E-state index in [-0.39, 0.29) is 0 Å². The van der Waals surface area contributed by atoms with Gasteiger partial charge in [0, 0.05) is 5.56 Å². The van der Waals surface area contributed by atoms with Crippen LogP contribution in [0.5, 0.6) is 0 Å². The Morgan fingerprint density at radius 3 is 2.82 bits per heavy atom. The van der Waals surface area contributed by atoms with E-state index < -0.39 is 0 Å². The average molecular weight is 145 g/mol. The summed E-state index contributed by atoms with van der Waals surface area (Å²) in [5.74, 6) is 0. The molecule has 1 nitrogen and oxygen atoms in total. The van der Waals surface area contributed by atoms with Gasteiger partial charge in [0.05, 0.1) is 0 Å². The van der Waals surface area contributed by atoms with Crippen LogP contribution in [0.4, 0.5) is 0 Å². The van der Waals surface area contributed by atoms with Gasteiger partial charge in [0.25, 0.3) is 0 Å². The van der Waals surface area contributed by atoms with Gasteiger partial charge < -0.3 is 0 Å². The van der Waals surface area contributed by atoms with E-state index in [0.29, 0.717) is 5.56 Å². The van der Waals surface area contributed by atoms with Crippen molar-refractivity contribution in [1.29, 1.82) is 0 Å². The molecular formula is C10H9O. The zero-order valence-corrected chi connectivity index (χ0v) is 6.26. The van der Waals surface area contributed by atoms with Crippen molar-refractivity contribution in [1.82, 2.24) is 0 Å². The highest BCUT2D eigenvalue weighted by molar-refractivity contribution is 5.75. The summed E-state index contributed by atoms with van der Waals surface area (Å²) >= 11 is 0. The molecule has 2 rings (SSSR count). The minimum Gasteiger partial charge on any atom is -0.285 e. The molecule has 1 aliphatic carbocycles. The molecule has 0 saturated carbocycles. The Hall–Kier alpha value is -1.11. The lowest BCUT2D eigenvalue weighted by Gasteiger charge is -1.97. The largest absolute Gasteiger partial charge is 0.285 e. The van der Waals surface area contributed by atoms with Crippen LogP contribution in [0.1, 0.15) is 23.1 Å². The van der Waals surface area contributed by atoms with E-state index in [2.05, 4.69) is 0 Å². The second kappa shape index (κ2) is 2.50. The number of carbonyl (C=O) groups excluding carboxylic acids is 1. The van der Waals surface area contributed by atoms with Crippen molar-refractivity contribution in [3.05, 3.63) is 34.9 Å². The molecule has 0 fully saturated rings. The fourth-order valence-electron chi connectivity index (χ4n) is 1.64. The van der Waals surface area contributed by atoms with Gasteiger partial charge in [-0.2, -0.15) is 0 Å². The topological polar surface area (TPSA) is 17.1 Å². The smallest absolute Gasteiger partial charge is 0.233 e. The quantitative estimate of drug-likeness (QED) is 0.587. The van der Waals surface area contributed by atoms with Gasteiger partial charge in [-0.25, -0.2) is 0 Å². The van der Waals surface area contributed by atoms with Crippen molar-refractivity contribution in [3.8, 4) is 0 Å². The van der Waals surface area contributed by atoms with E-state index in [1.165, 1.54) is 24.0 Å². The van der Waals surface area contributed by atoms with E-state index in [1.54, 1.807) is 0 Å². The van der Waals surface area contributed by atoms with Gasteiger partial charge >= 0.3 is 0 Å². The van der Waals surface area contributed by atoms with Gasteiger partial charge in [0.15, 0.2) is 0 Å². The van der Waals surface area contributed by atoms with Crippen molar-refractivity contribution in [3.63, 3.8) is 0 Å². The molecule has 1 aliphatic rings. The fraction of sp³-hybridized carbons (Fsp3) is 0.300. The standard InChI is InChI=1S/C10H9O/c11-7-8-4-5-9-2-1-3-10(9)6-8/h4-6H,1-3H2. The molecule has 0 aromatic heterocycles. The summed E-state index contributed by atoms with van der Waals surface area (Å²) in [7, 11) is 0. The van der Waals surface area contributed by atoms with Crippen LogP contribution in [0.3, 0.4) is 0 Å². The summed E-state index contributed by atoms with van der Waals surface area (Å²) in [4.78, 5) is 10.3. The lowest BCUT2D eigenvalue weighted by atomic mass is 10.1. The molecule has 0 saturated heterocycles. The SMILES string of the molecule is O=[C]c1ccc2c(c1)CCC2. The number of hydrogen-bond acceptors (Lipinski definition) is 1. The second-order valence-corrected chi connectivity index (χ2v) is 2.94. The van der Waals surface area contributed by atoms with Crippen molar-refractivity contribution in [2.75, 3.05) is 0 Å². The molecule has 0 aliphatic heterocycles. The van der Waals surface area contributed by atoms with Gasteiger partial charge in [-0.1, -0.05) is 12.1 Å². The molecule has 1 aromatic rings. The van der Waals surface area contributed by atoms with Crippen LogP contribution in [0.25, 0.3) is 0 Å². The first kappa shape index (κ1) is 6.59. The van der Waals surface area contributed by atoms with Gasteiger partial charge in [-0.3, -0.25) is 4.79 Å². The summed E-state index contributed by atoms with van der Waals surface area (Å²) in [6, 6.07) is 5.84. The number of fused-ring (bicyclic) bond motifs is 1. The number of aryl methyl sites for hydroxylation is 2. The molecule has 1 heteroatoms. The maximum absolute atomic E-state index is 10.3. The highest BCUT2D eigenvalue weighted by atomic mass is 16.1. The van der Waals surface area contributed by atoms with E-state index in [0.717, 1.165) is 6.42 Å². The summed E-state index contributed by atoms with van der Waals surface area (Å²) in [5, 5.41) is 0. The highest BCUT2D eigenvalue weighted by Gasteiger charge is 2.09. The molecule has 0 unspecified atom stereocenters. The third kappa shape index (κ3) is 1.07. The first-order valence-electron chi connectivity index (χ1n) is 3.90. The summed E-state index contributed by atoms with van der Waals surface area (Å²) < 4.78 is 0. The third-order valence-electron chi connectivity index (χ3n) is 2.22. The van der Waals surface area contributed by atoms with Gasteiger partial charge in [-0.15, -0.1) is 0 Å². The Bertz CT molecular complexity index is 289. The molecule has 0 bridgehead atoms. The van der Waals surface area contributed by atoms with E-state index in [1.807, 2.05) is 24.5 Å². The maximum Gasteiger partial charge on any atom is 0.233 e. The van der Waals surface area contributed by atoms with Gasteiger partial charge in [0.2, 0.25) is 6.29 Å².